The summed E-state index contributed by atoms with van der Waals surface area (Å²) in [5.74, 6) is 0.657. The summed E-state index contributed by atoms with van der Waals surface area (Å²) in [5, 5.41) is 6.87. The van der Waals surface area contributed by atoms with E-state index in [9.17, 15) is 8.78 Å². The van der Waals surface area contributed by atoms with Crippen LogP contribution in [-0.4, -0.2) is 42.7 Å². The van der Waals surface area contributed by atoms with Crippen molar-refractivity contribution in [2.45, 2.75) is 44.2 Å². The van der Waals surface area contributed by atoms with E-state index in [1.807, 2.05) is 31.3 Å². The fourth-order valence-corrected chi connectivity index (χ4v) is 3.99. The van der Waals surface area contributed by atoms with Gasteiger partial charge in [0.1, 0.15) is 17.5 Å². The molecule has 2 atom stereocenters. The Balaban J connectivity index is 0.00000256. The van der Waals surface area contributed by atoms with Gasteiger partial charge in [0.2, 0.25) is 0 Å². The lowest BCUT2D eigenvalue weighted by molar-refractivity contribution is 0.459. The number of rotatable bonds is 5. The van der Waals surface area contributed by atoms with Crippen LogP contribution in [-0.2, 0) is 0 Å². The van der Waals surface area contributed by atoms with Gasteiger partial charge in [-0.3, -0.25) is 4.99 Å². The molecule has 8 heteroatoms. The van der Waals surface area contributed by atoms with Crippen LogP contribution in [0.15, 0.2) is 47.6 Å². The molecule has 1 aliphatic carbocycles. The standard InChI is InChI=1S/C22H27F2N5.HI/c1-2-25-22(28-19-14-16(19)21-17(23)6-5-7-18(21)24)27-15-9-12-29(13-10-15)20-8-3-4-11-26-20;/h3-8,11,15-16,19H,2,9-10,12-14H2,1H3,(H2,25,27,28);1H. The predicted octanol–water partition coefficient (Wildman–Crippen LogP) is 4.06. The predicted molar refractivity (Wildman–Crippen MR) is 127 cm³/mol. The zero-order valence-electron chi connectivity index (χ0n) is 17.0. The average Bonchev–Trinajstić information content (AvgIpc) is 3.48. The minimum atomic E-state index is -0.469. The number of anilines is 1. The van der Waals surface area contributed by atoms with E-state index in [0.717, 1.165) is 37.7 Å². The van der Waals surface area contributed by atoms with Gasteiger partial charge in [-0.25, -0.2) is 13.8 Å². The number of benzene rings is 1. The topological polar surface area (TPSA) is 52.6 Å². The van der Waals surface area contributed by atoms with Crippen LogP contribution in [0.2, 0.25) is 0 Å². The van der Waals surface area contributed by atoms with E-state index in [-0.39, 0.29) is 41.5 Å². The summed E-state index contributed by atoms with van der Waals surface area (Å²) in [4.78, 5) is 11.2. The number of hydrogen-bond acceptors (Lipinski definition) is 3. The Morgan fingerprint density at radius 1 is 1.10 bits per heavy atom. The van der Waals surface area contributed by atoms with Crippen molar-refractivity contribution in [1.29, 1.82) is 0 Å². The third kappa shape index (κ3) is 5.39. The molecule has 1 aliphatic heterocycles. The first-order chi connectivity index (χ1) is 14.2. The summed E-state index contributed by atoms with van der Waals surface area (Å²) in [6.45, 7) is 4.49. The lowest BCUT2D eigenvalue weighted by atomic mass is 10.1. The van der Waals surface area contributed by atoms with Crippen molar-refractivity contribution in [3.63, 3.8) is 0 Å². The second kappa shape index (κ2) is 10.4. The van der Waals surface area contributed by atoms with Gasteiger partial charge in [0.05, 0.1) is 0 Å². The zero-order valence-corrected chi connectivity index (χ0v) is 19.4. The maximum Gasteiger partial charge on any atom is 0.191 e. The zero-order chi connectivity index (χ0) is 20.2. The molecule has 0 radical (unpaired) electrons. The second-order valence-corrected chi connectivity index (χ2v) is 7.64. The van der Waals surface area contributed by atoms with Crippen LogP contribution in [0, 0.1) is 11.6 Å². The third-order valence-corrected chi connectivity index (χ3v) is 5.61. The first-order valence-corrected chi connectivity index (χ1v) is 10.3. The number of aromatic nitrogens is 1. The summed E-state index contributed by atoms with van der Waals surface area (Å²) in [6, 6.07) is 10.3. The first kappa shape index (κ1) is 22.7. The van der Waals surface area contributed by atoms with E-state index in [0.29, 0.717) is 19.0 Å². The van der Waals surface area contributed by atoms with Crippen LogP contribution in [0.25, 0.3) is 0 Å². The van der Waals surface area contributed by atoms with Crippen LogP contribution in [0.1, 0.15) is 37.7 Å². The summed E-state index contributed by atoms with van der Waals surface area (Å²) in [6.07, 6.45) is 4.49. The highest BCUT2D eigenvalue weighted by atomic mass is 127. The summed E-state index contributed by atoms with van der Waals surface area (Å²) in [5.41, 5.74) is 0.185. The molecule has 1 saturated heterocycles. The number of piperidine rings is 1. The van der Waals surface area contributed by atoms with Gasteiger partial charge in [-0.15, -0.1) is 24.0 Å². The molecule has 5 nitrogen and oxygen atoms in total. The van der Waals surface area contributed by atoms with Gasteiger partial charge in [-0.1, -0.05) is 12.1 Å². The molecule has 4 rings (SSSR count). The number of halogens is 3. The number of pyridine rings is 1. The number of guanidine groups is 1. The number of aliphatic imine (C=N–C) groups is 1. The SMILES string of the molecule is CCN=C(NC1CCN(c2ccccn2)CC1)NC1CC1c1c(F)cccc1F.I. The number of nitrogens with one attached hydrogen (secondary N) is 2. The van der Waals surface area contributed by atoms with Crippen LogP contribution < -0.4 is 15.5 Å². The van der Waals surface area contributed by atoms with E-state index in [4.69, 9.17) is 0 Å². The van der Waals surface area contributed by atoms with Gasteiger partial charge in [0.15, 0.2) is 5.96 Å². The normalized spacial score (nSPS) is 21.7. The lowest BCUT2D eigenvalue weighted by Crippen LogP contribution is -2.49. The molecule has 1 aromatic carbocycles. The van der Waals surface area contributed by atoms with Crippen molar-refractivity contribution >= 4 is 35.8 Å². The molecule has 30 heavy (non-hydrogen) atoms. The smallest absolute Gasteiger partial charge is 0.191 e. The average molecular weight is 527 g/mol. The van der Waals surface area contributed by atoms with Crippen LogP contribution in [0.5, 0.6) is 0 Å². The van der Waals surface area contributed by atoms with Gasteiger partial charge in [-0.05, 0) is 50.5 Å². The maximum absolute atomic E-state index is 14.0. The largest absolute Gasteiger partial charge is 0.356 e. The van der Waals surface area contributed by atoms with Crippen molar-refractivity contribution in [2.24, 2.45) is 4.99 Å². The summed E-state index contributed by atoms with van der Waals surface area (Å²) in [7, 11) is 0. The van der Waals surface area contributed by atoms with Crippen LogP contribution in [0.3, 0.4) is 0 Å². The van der Waals surface area contributed by atoms with Crippen LogP contribution in [0.4, 0.5) is 14.6 Å². The van der Waals surface area contributed by atoms with Gasteiger partial charge < -0.3 is 15.5 Å². The molecule has 0 bridgehead atoms. The van der Waals surface area contributed by atoms with E-state index in [2.05, 4.69) is 25.5 Å². The van der Waals surface area contributed by atoms with E-state index >= 15 is 0 Å². The molecule has 2 heterocycles. The summed E-state index contributed by atoms with van der Waals surface area (Å²) < 4.78 is 28.1. The minimum Gasteiger partial charge on any atom is -0.356 e. The van der Waals surface area contributed by atoms with Crippen molar-refractivity contribution in [3.05, 3.63) is 59.8 Å². The Kier molecular flexibility index (Phi) is 7.85. The van der Waals surface area contributed by atoms with E-state index in [1.54, 1.807) is 0 Å². The molecule has 0 spiro atoms. The molecular formula is C22H28F2IN5. The highest BCUT2D eigenvalue weighted by Gasteiger charge is 2.42. The highest BCUT2D eigenvalue weighted by molar-refractivity contribution is 14.0. The van der Waals surface area contributed by atoms with Crippen molar-refractivity contribution in [1.82, 2.24) is 15.6 Å². The molecule has 2 N–H and O–H groups in total. The Labute approximate surface area is 193 Å². The molecule has 2 fully saturated rings. The maximum atomic E-state index is 14.0. The lowest BCUT2D eigenvalue weighted by Gasteiger charge is -2.33. The fourth-order valence-electron chi connectivity index (χ4n) is 3.99. The van der Waals surface area contributed by atoms with Gasteiger partial charge >= 0.3 is 0 Å². The third-order valence-electron chi connectivity index (χ3n) is 5.61. The molecule has 1 saturated carbocycles. The number of hydrogen-bond donors (Lipinski definition) is 2. The molecule has 2 unspecified atom stereocenters. The minimum absolute atomic E-state index is 0. The second-order valence-electron chi connectivity index (χ2n) is 7.64. The molecule has 162 valence electrons. The molecular weight excluding hydrogens is 499 g/mol. The number of nitrogens with zero attached hydrogens (tertiary/aromatic N) is 3. The molecule has 2 aromatic rings. The molecule has 2 aliphatic rings. The summed E-state index contributed by atoms with van der Waals surface area (Å²) >= 11 is 0. The van der Waals surface area contributed by atoms with Crippen LogP contribution >= 0.6 is 24.0 Å². The molecule has 0 amide bonds. The van der Waals surface area contributed by atoms with Gasteiger partial charge in [0, 0.05) is 49.4 Å². The van der Waals surface area contributed by atoms with E-state index < -0.39 is 11.6 Å². The fraction of sp³-hybridized carbons (Fsp3) is 0.455. The Morgan fingerprint density at radius 2 is 1.83 bits per heavy atom. The molecule has 1 aromatic heterocycles. The quantitative estimate of drug-likeness (QED) is 0.350. The first-order valence-electron chi connectivity index (χ1n) is 10.3. The van der Waals surface area contributed by atoms with E-state index in [1.165, 1.54) is 18.2 Å². The van der Waals surface area contributed by atoms with Crippen molar-refractivity contribution < 1.29 is 8.78 Å². The Hall–Kier alpha value is -1.97. The van der Waals surface area contributed by atoms with Crippen molar-refractivity contribution in [3.8, 4) is 0 Å². The monoisotopic (exact) mass is 527 g/mol. The van der Waals surface area contributed by atoms with Crippen molar-refractivity contribution in [2.75, 3.05) is 24.5 Å². The van der Waals surface area contributed by atoms with Gasteiger partial charge in [-0.2, -0.15) is 0 Å². The highest BCUT2D eigenvalue weighted by Crippen LogP contribution is 2.43. The Bertz CT molecular complexity index is 836. The van der Waals surface area contributed by atoms with Gasteiger partial charge in [0.25, 0.3) is 0 Å². The Morgan fingerprint density at radius 3 is 2.47 bits per heavy atom.